The standard InChI is InChI=1S/C13H16N4O2S.C2HF3O2/c1-8-15-13(16-19-8)10-4-9-5-17(6-11(9)18-10)7-12-14-2-3-20-12;3-2(4,5)1(6)7/h2-3,9-11H,4-7H2,1H3;(H,6,7)/t9-,10-,11+;/m0./s1. The molecule has 4 rings (SSSR count). The lowest BCUT2D eigenvalue weighted by atomic mass is 10.0. The number of carboxylic acid groups (broad SMARTS) is 1. The van der Waals surface area contributed by atoms with Crippen LogP contribution in [-0.4, -0.2) is 56.5 Å². The fourth-order valence-corrected chi connectivity index (χ4v) is 3.77. The molecule has 0 amide bonds. The van der Waals surface area contributed by atoms with Gasteiger partial charge in [0.1, 0.15) is 11.1 Å². The van der Waals surface area contributed by atoms with Gasteiger partial charge in [-0.15, -0.1) is 11.3 Å². The molecule has 0 aliphatic carbocycles. The minimum Gasteiger partial charge on any atom is -0.475 e. The first-order valence-corrected chi connectivity index (χ1v) is 8.97. The minimum atomic E-state index is -5.08. The number of rotatable bonds is 3. The van der Waals surface area contributed by atoms with Gasteiger partial charge in [-0.3, -0.25) is 4.90 Å². The van der Waals surface area contributed by atoms with E-state index < -0.39 is 12.1 Å². The van der Waals surface area contributed by atoms with Gasteiger partial charge < -0.3 is 14.4 Å². The number of hydrogen-bond donors (Lipinski definition) is 1. The zero-order chi connectivity index (χ0) is 19.6. The number of fused-ring (bicyclic) bond motifs is 1. The zero-order valence-electron chi connectivity index (χ0n) is 14.2. The fraction of sp³-hybridized carbons (Fsp3) is 0.600. The van der Waals surface area contributed by atoms with E-state index in [1.165, 1.54) is 5.01 Å². The molecule has 27 heavy (non-hydrogen) atoms. The number of hydrogen-bond acceptors (Lipinski definition) is 8. The first-order valence-electron chi connectivity index (χ1n) is 8.09. The molecule has 8 nitrogen and oxygen atoms in total. The highest BCUT2D eigenvalue weighted by molar-refractivity contribution is 7.09. The molecule has 2 aliphatic rings. The lowest BCUT2D eigenvalue weighted by Gasteiger charge is -2.16. The Bertz CT molecular complexity index is 753. The quantitative estimate of drug-likeness (QED) is 0.829. The van der Waals surface area contributed by atoms with Crippen molar-refractivity contribution >= 4 is 17.3 Å². The summed E-state index contributed by atoms with van der Waals surface area (Å²) in [6.07, 6.45) is -1.94. The Hall–Kier alpha value is -2.05. The Morgan fingerprint density at radius 3 is 2.70 bits per heavy atom. The molecule has 148 valence electrons. The SMILES string of the molecule is Cc1nc([C@@H]2C[C@H]3CN(Cc4nccs4)C[C@H]3O2)no1.O=C(O)C(F)(F)F. The summed E-state index contributed by atoms with van der Waals surface area (Å²) < 4.78 is 42.9. The lowest BCUT2D eigenvalue weighted by Crippen LogP contribution is -2.23. The number of halogens is 3. The van der Waals surface area contributed by atoms with E-state index in [-0.39, 0.29) is 6.10 Å². The summed E-state index contributed by atoms with van der Waals surface area (Å²) >= 11 is 1.71. The van der Waals surface area contributed by atoms with Gasteiger partial charge in [-0.1, -0.05) is 5.16 Å². The second kappa shape index (κ2) is 7.90. The van der Waals surface area contributed by atoms with Gasteiger partial charge in [0.05, 0.1) is 12.6 Å². The van der Waals surface area contributed by atoms with Crippen molar-refractivity contribution in [3.05, 3.63) is 28.3 Å². The smallest absolute Gasteiger partial charge is 0.475 e. The highest BCUT2D eigenvalue weighted by atomic mass is 32.1. The molecule has 0 spiro atoms. The van der Waals surface area contributed by atoms with Crippen molar-refractivity contribution in [3.63, 3.8) is 0 Å². The van der Waals surface area contributed by atoms with Crippen molar-refractivity contribution in [2.45, 2.75) is 38.3 Å². The van der Waals surface area contributed by atoms with Crippen molar-refractivity contribution in [1.82, 2.24) is 20.0 Å². The molecule has 0 aromatic carbocycles. The second-order valence-electron chi connectivity index (χ2n) is 6.25. The van der Waals surface area contributed by atoms with Crippen molar-refractivity contribution in [2.75, 3.05) is 13.1 Å². The lowest BCUT2D eigenvalue weighted by molar-refractivity contribution is -0.192. The third-order valence-corrected chi connectivity index (χ3v) is 4.99. The van der Waals surface area contributed by atoms with Gasteiger partial charge in [0.25, 0.3) is 0 Å². The molecule has 0 bridgehead atoms. The molecule has 3 atom stereocenters. The fourth-order valence-electron chi connectivity index (χ4n) is 3.11. The maximum Gasteiger partial charge on any atom is 0.490 e. The van der Waals surface area contributed by atoms with E-state index in [2.05, 4.69) is 20.0 Å². The Kier molecular flexibility index (Phi) is 5.77. The molecule has 12 heteroatoms. The first kappa shape index (κ1) is 19.7. The van der Waals surface area contributed by atoms with Crippen LogP contribution in [0.3, 0.4) is 0 Å². The highest BCUT2D eigenvalue weighted by Gasteiger charge is 2.43. The average molecular weight is 406 g/mol. The second-order valence-corrected chi connectivity index (χ2v) is 7.23. The normalized spacial score (nSPS) is 25.1. The van der Waals surface area contributed by atoms with Crippen LogP contribution in [-0.2, 0) is 16.1 Å². The number of aliphatic carboxylic acids is 1. The van der Waals surface area contributed by atoms with Gasteiger partial charge in [0.15, 0.2) is 0 Å². The molecule has 0 unspecified atom stereocenters. The first-order chi connectivity index (χ1) is 12.7. The Balaban J connectivity index is 0.000000260. The molecule has 2 aromatic heterocycles. The number of carbonyl (C=O) groups is 1. The van der Waals surface area contributed by atoms with Crippen LogP contribution < -0.4 is 0 Å². The third kappa shape index (κ3) is 5.02. The molecule has 1 N–H and O–H groups in total. The summed E-state index contributed by atoms with van der Waals surface area (Å²) in [7, 11) is 0. The average Bonchev–Trinajstić information content (AvgIpc) is 3.31. The monoisotopic (exact) mass is 406 g/mol. The summed E-state index contributed by atoms with van der Waals surface area (Å²) in [5, 5.41) is 14.3. The molecule has 2 saturated heterocycles. The van der Waals surface area contributed by atoms with E-state index in [4.69, 9.17) is 19.2 Å². The van der Waals surface area contributed by atoms with Gasteiger partial charge >= 0.3 is 12.1 Å². The largest absolute Gasteiger partial charge is 0.490 e. The number of nitrogens with zero attached hydrogens (tertiary/aromatic N) is 4. The molecule has 2 aliphatic heterocycles. The van der Waals surface area contributed by atoms with Crippen LogP contribution in [0, 0.1) is 12.8 Å². The number of ether oxygens (including phenoxy) is 1. The molecule has 0 saturated carbocycles. The van der Waals surface area contributed by atoms with E-state index in [1.54, 1.807) is 11.3 Å². The van der Waals surface area contributed by atoms with Crippen molar-refractivity contribution in [1.29, 1.82) is 0 Å². The summed E-state index contributed by atoms with van der Waals surface area (Å²) in [5.74, 6) is -0.888. The summed E-state index contributed by atoms with van der Waals surface area (Å²) in [6.45, 7) is 4.78. The summed E-state index contributed by atoms with van der Waals surface area (Å²) in [4.78, 5) is 19.9. The van der Waals surface area contributed by atoms with Gasteiger partial charge in [-0.2, -0.15) is 18.2 Å². The van der Waals surface area contributed by atoms with Crippen molar-refractivity contribution < 1.29 is 32.3 Å². The Morgan fingerprint density at radius 2 is 2.19 bits per heavy atom. The number of carboxylic acids is 1. The molecule has 4 heterocycles. The van der Waals surface area contributed by atoms with Gasteiger partial charge in [0.2, 0.25) is 11.7 Å². The summed E-state index contributed by atoms with van der Waals surface area (Å²) in [5.41, 5.74) is 0. The van der Waals surface area contributed by atoms with Crippen LogP contribution in [0.4, 0.5) is 13.2 Å². The van der Waals surface area contributed by atoms with E-state index >= 15 is 0 Å². The number of thiazole rings is 1. The van der Waals surface area contributed by atoms with Crippen molar-refractivity contribution in [2.24, 2.45) is 5.92 Å². The third-order valence-electron chi connectivity index (χ3n) is 4.23. The number of likely N-dealkylation sites (tertiary alicyclic amines) is 1. The van der Waals surface area contributed by atoms with Gasteiger partial charge in [-0.05, 0) is 6.42 Å². The topological polar surface area (TPSA) is 102 Å². The summed E-state index contributed by atoms with van der Waals surface area (Å²) in [6, 6.07) is 0. The maximum absolute atomic E-state index is 10.6. The van der Waals surface area contributed by atoms with Crippen LogP contribution >= 0.6 is 11.3 Å². The van der Waals surface area contributed by atoms with Crippen LogP contribution in [0.2, 0.25) is 0 Å². The molecular weight excluding hydrogens is 389 g/mol. The van der Waals surface area contributed by atoms with Crippen molar-refractivity contribution in [3.8, 4) is 0 Å². The predicted molar refractivity (Wildman–Crippen MR) is 85.8 cm³/mol. The van der Waals surface area contributed by atoms with Gasteiger partial charge in [-0.25, -0.2) is 9.78 Å². The van der Waals surface area contributed by atoms with E-state index in [1.807, 2.05) is 18.5 Å². The van der Waals surface area contributed by atoms with Crippen LogP contribution in [0.5, 0.6) is 0 Å². The van der Waals surface area contributed by atoms with Crippen LogP contribution in [0.25, 0.3) is 0 Å². The Morgan fingerprint density at radius 1 is 1.44 bits per heavy atom. The number of alkyl halides is 3. The predicted octanol–water partition coefficient (Wildman–Crippen LogP) is 2.43. The molecular formula is C15H17F3N4O4S. The molecule has 0 radical (unpaired) electrons. The highest BCUT2D eigenvalue weighted by Crippen LogP contribution is 2.40. The van der Waals surface area contributed by atoms with Gasteiger partial charge in [0, 0.05) is 37.5 Å². The Labute approximate surface area is 156 Å². The van der Waals surface area contributed by atoms with Crippen LogP contribution in [0.15, 0.2) is 16.1 Å². The number of aromatic nitrogens is 3. The van der Waals surface area contributed by atoms with Crippen LogP contribution in [0.1, 0.15) is 29.2 Å². The van der Waals surface area contributed by atoms with E-state index in [0.717, 1.165) is 26.1 Å². The van der Waals surface area contributed by atoms with E-state index in [0.29, 0.717) is 23.7 Å². The minimum absolute atomic E-state index is 0.00413. The zero-order valence-corrected chi connectivity index (χ0v) is 15.0. The molecule has 2 aromatic rings. The molecule has 2 fully saturated rings. The number of aryl methyl sites for hydroxylation is 1. The van der Waals surface area contributed by atoms with E-state index in [9.17, 15) is 13.2 Å². The maximum atomic E-state index is 10.6.